The van der Waals surface area contributed by atoms with Gasteiger partial charge in [0, 0.05) is 0 Å². The van der Waals surface area contributed by atoms with Gasteiger partial charge in [0.1, 0.15) is 0 Å². The number of benzene rings is 2. The number of hydrogen-bond acceptors (Lipinski definition) is 0. The molecule has 0 saturated heterocycles. The van der Waals surface area contributed by atoms with Crippen molar-refractivity contribution in [2.45, 2.75) is 26.2 Å². The summed E-state index contributed by atoms with van der Waals surface area (Å²) in [6.07, 6.45) is 3.66. The van der Waals surface area contributed by atoms with Gasteiger partial charge in [0.25, 0.3) is 0 Å². The van der Waals surface area contributed by atoms with E-state index in [2.05, 4.69) is 37.3 Å². The van der Waals surface area contributed by atoms with Gasteiger partial charge in [-0.05, 0) is 46.7 Å². The van der Waals surface area contributed by atoms with Crippen molar-refractivity contribution in [2.24, 2.45) is 0 Å². The molecule has 0 bridgehead atoms. The molecule has 0 saturated carbocycles. The lowest BCUT2D eigenvalue weighted by molar-refractivity contribution is 0.989. The molecule has 0 aromatic heterocycles. The Morgan fingerprint density at radius 1 is 1.07 bits per heavy atom. The molecular formula is C14H14. The van der Waals surface area contributed by atoms with Crippen molar-refractivity contribution in [3.05, 3.63) is 47.0 Å². The van der Waals surface area contributed by atoms with Crippen molar-refractivity contribution in [2.75, 3.05) is 0 Å². The highest BCUT2D eigenvalue weighted by atomic mass is 14.2. The molecule has 0 fully saturated rings. The third-order valence-corrected chi connectivity index (χ3v) is 3.36. The van der Waals surface area contributed by atoms with E-state index >= 15 is 0 Å². The molecule has 0 N–H and O–H groups in total. The standard InChI is InChI=1S/C14H14/c1-2-10-6-7-11-4-3-5-12-8-9-13(10)14(11)12/h3-7H,2,8-9H2,1H3. The molecule has 2 aromatic rings. The van der Waals surface area contributed by atoms with Crippen LogP contribution < -0.4 is 0 Å². The summed E-state index contributed by atoms with van der Waals surface area (Å²) in [5, 5.41) is 2.97. The molecule has 0 amide bonds. The molecular weight excluding hydrogens is 168 g/mol. The van der Waals surface area contributed by atoms with Crippen molar-refractivity contribution in [3.63, 3.8) is 0 Å². The Labute approximate surface area is 84.6 Å². The van der Waals surface area contributed by atoms with Crippen LogP contribution in [0.3, 0.4) is 0 Å². The largest absolute Gasteiger partial charge is 0.0614 e. The molecule has 0 heterocycles. The molecule has 0 spiro atoms. The third kappa shape index (κ3) is 0.942. The summed E-state index contributed by atoms with van der Waals surface area (Å²) in [5.74, 6) is 0. The smallest absolute Gasteiger partial charge is 0.0117 e. The zero-order valence-corrected chi connectivity index (χ0v) is 8.51. The van der Waals surface area contributed by atoms with Gasteiger partial charge in [0.2, 0.25) is 0 Å². The molecule has 0 aliphatic heterocycles. The lowest BCUT2D eigenvalue weighted by Gasteiger charge is -2.06. The Morgan fingerprint density at radius 2 is 2.00 bits per heavy atom. The van der Waals surface area contributed by atoms with Crippen molar-refractivity contribution in [1.82, 2.24) is 0 Å². The van der Waals surface area contributed by atoms with Crippen molar-refractivity contribution in [3.8, 4) is 0 Å². The maximum absolute atomic E-state index is 2.30. The first kappa shape index (κ1) is 8.05. The number of hydrogen-bond donors (Lipinski definition) is 0. The van der Waals surface area contributed by atoms with Gasteiger partial charge in [-0.2, -0.15) is 0 Å². The molecule has 0 unspecified atom stereocenters. The van der Waals surface area contributed by atoms with E-state index in [0.717, 1.165) is 0 Å². The van der Waals surface area contributed by atoms with Crippen molar-refractivity contribution in [1.29, 1.82) is 0 Å². The van der Waals surface area contributed by atoms with Crippen LogP contribution >= 0.6 is 0 Å². The molecule has 0 heteroatoms. The number of rotatable bonds is 1. The van der Waals surface area contributed by atoms with Crippen LogP contribution in [0, 0.1) is 0 Å². The van der Waals surface area contributed by atoms with Crippen LogP contribution in [0.2, 0.25) is 0 Å². The zero-order chi connectivity index (χ0) is 9.54. The molecule has 1 aliphatic carbocycles. The Hall–Kier alpha value is -1.30. The van der Waals surface area contributed by atoms with Crippen molar-refractivity contribution >= 4 is 10.8 Å². The van der Waals surface area contributed by atoms with Crippen LogP contribution in [0.25, 0.3) is 10.8 Å². The third-order valence-electron chi connectivity index (χ3n) is 3.36. The van der Waals surface area contributed by atoms with E-state index in [1.165, 1.54) is 24.6 Å². The molecule has 3 rings (SSSR count). The van der Waals surface area contributed by atoms with Crippen molar-refractivity contribution < 1.29 is 0 Å². The van der Waals surface area contributed by atoms with Crippen LogP contribution in [0.4, 0.5) is 0 Å². The van der Waals surface area contributed by atoms with Gasteiger partial charge >= 0.3 is 0 Å². The lowest BCUT2D eigenvalue weighted by atomic mass is 9.99. The minimum absolute atomic E-state index is 1.17. The Kier molecular flexibility index (Phi) is 1.63. The second kappa shape index (κ2) is 2.84. The number of aryl methyl sites for hydroxylation is 3. The van der Waals surface area contributed by atoms with Crippen LogP contribution in [0.15, 0.2) is 30.3 Å². The van der Waals surface area contributed by atoms with E-state index in [1.807, 2.05) is 0 Å². The van der Waals surface area contributed by atoms with Gasteiger partial charge < -0.3 is 0 Å². The molecule has 0 radical (unpaired) electrons. The predicted octanol–water partition coefficient (Wildman–Crippen LogP) is 3.50. The summed E-state index contributed by atoms with van der Waals surface area (Å²) in [6.45, 7) is 2.25. The van der Waals surface area contributed by atoms with E-state index in [4.69, 9.17) is 0 Å². The summed E-state index contributed by atoms with van der Waals surface area (Å²) in [5.41, 5.74) is 4.70. The quantitative estimate of drug-likeness (QED) is 0.633. The highest BCUT2D eigenvalue weighted by molar-refractivity contribution is 5.91. The van der Waals surface area contributed by atoms with Gasteiger partial charge in [-0.3, -0.25) is 0 Å². The zero-order valence-electron chi connectivity index (χ0n) is 8.51. The minimum atomic E-state index is 1.17. The van der Waals surface area contributed by atoms with E-state index < -0.39 is 0 Å². The summed E-state index contributed by atoms with van der Waals surface area (Å²) in [6, 6.07) is 11.3. The monoisotopic (exact) mass is 182 g/mol. The highest BCUT2D eigenvalue weighted by Crippen LogP contribution is 2.33. The Balaban J connectivity index is 2.45. The SMILES string of the molecule is CCc1ccc2cccc3c2c1CC3. The fourth-order valence-corrected chi connectivity index (χ4v) is 2.66. The molecule has 1 aliphatic rings. The van der Waals surface area contributed by atoms with Gasteiger partial charge in [-0.25, -0.2) is 0 Å². The summed E-state index contributed by atoms with van der Waals surface area (Å²) in [4.78, 5) is 0. The topological polar surface area (TPSA) is 0 Å². The predicted molar refractivity (Wildman–Crippen MR) is 60.7 cm³/mol. The maximum Gasteiger partial charge on any atom is -0.0117 e. The summed E-state index contributed by atoms with van der Waals surface area (Å²) < 4.78 is 0. The van der Waals surface area contributed by atoms with E-state index in [-0.39, 0.29) is 0 Å². The molecule has 2 aromatic carbocycles. The highest BCUT2D eigenvalue weighted by Gasteiger charge is 2.15. The van der Waals surface area contributed by atoms with Crippen LogP contribution in [-0.2, 0) is 19.3 Å². The molecule has 0 atom stereocenters. The average molecular weight is 182 g/mol. The second-order valence-corrected chi connectivity index (χ2v) is 4.07. The van der Waals surface area contributed by atoms with Gasteiger partial charge in [0.15, 0.2) is 0 Å². The molecule has 70 valence electrons. The fraction of sp³-hybridized carbons (Fsp3) is 0.286. The first-order valence-corrected chi connectivity index (χ1v) is 5.42. The first-order chi connectivity index (χ1) is 6.90. The maximum atomic E-state index is 2.30. The Morgan fingerprint density at radius 3 is 2.86 bits per heavy atom. The average Bonchev–Trinajstić information content (AvgIpc) is 2.66. The van der Waals surface area contributed by atoms with Gasteiger partial charge in [-0.1, -0.05) is 37.3 Å². The van der Waals surface area contributed by atoms with E-state index in [0.29, 0.717) is 0 Å². The van der Waals surface area contributed by atoms with E-state index in [9.17, 15) is 0 Å². The summed E-state index contributed by atoms with van der Waals surface area (Å²) in [7, 11) is 0. The van der Waals surface area contributed by atoms with E-state index in [1.54, 1.807) is 22.1 Å². The second-order valence-electron chi connectivity index (χ2n) is 4.07. The van der Waals surface area contributed by atoms with Crippen LogP contribution in [-0.4, -0.2) is 0 Å². The lowest BCUT2D eigenvalue weighted by Crippen LogP contribution is -1.89. The first-order valence-electron chi connectivity index (χ1n) is 5.42. The molecule has 0 nitrogen and oxygen atoms in total. The Bertz CT molecular complexity index is 495. The van der Waals surface area contributed by atoms with Crippen LogP contribution in [0.5, 0.6) is 0 Å². The fourth-order valence-electron chi connectivity index (χ4n) is 2.66. The minimum Gasteiger partial charge on any atom is -0.0614 e. The summed E-state index contributed by atoms with van der Waals surface area (Å²) >= 11 is 0. The molecule has 14 heavy (non-hydrogen) atoms. The van der Waals surface area contributed by atoms with Crippen LogP contribution in [0.1, 0.15) is 23.6 Å². The normalized spacial score (nSPS) is 13.8. The van der Waals surface area contributed by atoms with Gasteiger partial charge in [-0.15, -0.1) is 0 Å². The van der Waals surface area contributed by atoms with Gasteiger partial charge in [0.05, 0.1) is 0 Å².